The summed E-state index contributed by atoms with van der Waals surface area (Å²) in [7, 11) is 0. The number of rotatable bonds is 9. The summed E-state index contributed by atoms with van der Waals surface area (Å²) in [6.07, 6.45) is 4.26. The Kier molecular flexibility index (Phi) is 7.61. The van der Waals surface area contributed by atoms with Gasteiger partial charge in [-0.2, -0.15) is 0 Å². The number of carbonyl (C=O) groups excluding carboxylic acids is 1. The fraction of sp³-hybridized carbons (Fsp3) is 0.269. The molecule has 3 nitrogen and oxygen atoms in total. The van der Waals surface area contributed by atoms with E-state index >= 15 is 0 Å². The Morgan fingerprint density at radius 1 is 0.867 bits per heavy atom. The fourth-order valence-corrected chi connectivity index (χ4v) is 3.25. The normalized spacial score (nSPS) is 10.6. The minimum atomic E-state index is -0.461. The number of benzene rings is 3. The lowest BCUT2D eigenvalue weighted by Crippen LogP contribution is -2.08. The molecule has 156 valence electrons. The molecule has 0 fully saturated rings. The zero-order chi connectivity index (χ0) is 21.3. The first-order chi connectivity index (χ1) is 14.6. The Labute approximate surface area is 177 Å². The first-order valence-electron chi connectivity index (χ1n) is 10.4. The molecule has 3 aromatic carbocycles. The highest BCUT2D eigenvalue weighted by molar-refractivity contribution is 5.91. The maximum atomic E-state index is 14.6. The van der Waals surface area contributed by atoms with Crippen molar-refractivity contribution in [2.75, 3.05) is 6.61 Å². The zero-order valence-electron chi connectivity index (χ0n) is 17.5. The van der Waals surface area contributed by atoms with Crippen molar-refractivity contribution in [3.05, 3.63) is 83.7 Å². The van der Waals surface area contributed by atoms with E-state index in [-0.39, 0.29) is 5.82 Å². The van der Waals surface area contributed by atoms with Crippen molar-refractivity contribution < 1.29 is 18.7 Å². The predicted octanol–water partition coefficient (Wildman–Crippen LogP) is 6.84. The highest BCUT2D eigenvalue weighted by Gasteiger charge is 2.11. The van der Waals surface area contributed by atoms with E-state index in [9.17, 15) is 9.18 Å². The summed E-state index contributed by atoms with van der Waals surface area (Å²) in [5.74, 6) is 0.462. The van der Waals surface area contributed by atoms with Gasteiger partial charge in [-0.25, -0.2) is 9.18 Å². The van der Waals surface area contributed by atoms with Gasteiger partial charge in [0.2, 0.25) is 0 Å². The van der Waals surface area contributed by atoms with E-state index < -0.39 is 5.97 Å². The lowest BCUT2D eigenvalue weighted by molar-refractivity contribution is 0.0734. The van der Waals surface area contributed by atoms with Crippen LogP contribution in [0.5, 0.6) is 11.5 Å². The van der Waals surface area contributed by atoms with E-state index in [4.69, 9.17) is 9.47 Å². The largest absolute Gasteiger partial charge is 0.494 e. The van der Waals surface area contributed by atoms with Crippen LogP contribution in [0.15, 0.2) is 66.7 Å². The standard InChI is InChI=1S/C26H27FO3/c1-3-5-6-7-19-8-17-24(25(27)18-19)20-9-11-21(12-10-20)26(28)30-23-15-13-22(14-16-23)29-4-2/h8-18H,3-7H2,1-2H3. The van der Waals surface area contributed by atoms with Crippen LogP contribution in [-0.2, 0) is 6.42 Å². The topological polar surface area (TPSA) is 35.5 Å². The summed E-state index contributed by atoms with van der Waals surface area (Å²) in [4.78, 5) is 12.4. The molecule has 0 aromatic heterocycles. The minimum absolute atomic E-state index is 0.242. The van der Waals surface area contributed by atoms with Gasteiger partial charge < -0.3 is 9.47 Å². The molecule has 0 aliphatic rings. The number of ether oxygens (including phenoxy) is 2. The lowest BCUT2D eigenvalue weighted by Gasteiger charge is -2.09. The molecule has 0 amide bonds. The van der Waals surface area contributed by atoms with Crippen molar-refractivity contribution in [3.63, 3.8) is 0 Å². The van der Waals surface area contributed by atoms with Gasteiger partial charge in [0.25, 0.3) is 0 Å². The fourth-order valence-electron chi connectivity index (χ4n) is 3.25. The second-order valence-electron chi connectivity index (χ2n) is 7.14. The predicted molar refractivity (Wildman–Crippen MR) is 118 cm³/mol. The van der Waals surface area contributed by atoms with Crippen LogP contribution in [0.2, 0.25) is 0 Å². The van der Waals surface area contributed by atoms with Crippen LogP contribution < -0.4 is 9.47 Å². The molecule has 0 bridgehead atoms. The van der Waals surface area contributed by atoms with Crippen molar-refractivity contribution in [3.8, 4) is 22.6 Å². The molecule has 3 rings (SSSR count). The van der Waals surface area contributed by atoms with E-state index in [2.05, 4.69) is 6.92 Å². The van der Waals surface area contributed by atoms with E-state index in [0.29, 0.717) is 23.5 Å². The number of carbonyl (C=O) groups is 1. The molecule has 0 atom stereocenters. The van der Waals surface area contributed by atoms with Gasteiger partial charge in [0.15, 0.2) is 0 Å². The van der Waals surface area contributed by atoms with Crippen LogP contribution in [0, 0.1) is 5.82 Å². The molecule has 30 heavy (non-hydrogen) atoms. The van der Waals surface area contributed by atoms with Crippen molar-refractivity contribution in [2.24, 2.45) is 0 Å². The van der Waals surface area contributed by atoms with Gasteiger partial charge in [0.1, 0.15) is 17.3 Å². The average molecular weight is 406 g/mol. The van der Waals surface area contributed by atoms with Gasteiger partial charge in [-0.15, -0.1) is 0 Å². The highest BCUT2D eigenvalue weighted by Crippen LogP contribution is 2.25. The van der Waals surface area contributed by atoms with Crippen molar-refractivity contribution in [1.29, 1.82) is 0 Å². The van der Waals surface area contributed by atoms with Crippen LogP contribution in [0.4, 0.5) is 4.39 Å². The Morgan fingerprint density at radius 3 is 2.20 bits per heavy atom. The second-order valence-corrected chi connectivity index (χ2v) is 7.14. The molecule has 4 heteroatoms. The molecule has 0 radical (unpaired) electrons. The maximum absolute atomic E-state index is 14.6. The molecular weight excluding hydrogens is 379 g/mol. The summed E-state index contributed by atoms with van der Waals surface area (Å²) < 4.78 is 25.3. The first kappa shape index (κ1) is 21.6. The number of unbranched alkanes of at least 4 members (excludes halogenated alkanes) is 2. The van der Waals surface area contributed by atoms with Crippen molar-refractivity contribution >= 4 is 5.97 Å². The van der Waals surface area contributed by atoms with Gasteiger partial charge in [0, 0.05) is 5.56 Å². The molecule has 0 spiro atoms. The van der Waals surface area contributed by atoms with Crippen molar-refractivity contribution in [1.82, 2.24) is 0 Å². The number of esters is 1. The third-order valence-corrected chi connectivity index (χ3v) is 4.88. The van der Waals surface area contributed by atoms with Gasteiger partial charge in [0.05, 0.1) is 12.2 Å². The Bertz CT molecular complexity index is 963. The lowest BCUT2D eigenvalue weighted by atomic mass is 9.99. The number of hydrogen-bond donors (Lipinski definition) is 0. The molecule has 0 heterocycles. The number of aryl methyl sites for hydroxylation is 1. The third-order valence-electron chi connectivity index (χ3n) is 4.88. The maximum Gasteiger partial charge on any atom is 0.343 e. The number of halogens is 1. The minimum Gasteiger partial charge on any atom is -0.494 e. The first-order valence-corrected chi connectivity index (χ1v) is 10.4. The molecule has 0 saturated carbocycles. The molecule has 0 aliphatic heterocycles. The molecular formula is C26H27FO3. The van der Waals surface area contributed by atoms with Crippen LogP contribution >= 0.6 is 0 Å². The van der Waals surface area contributed by atoms with E-state index in [1.165, 1.54) is 0 Å². The van der Waals surface area contributed by atoms with Crippen molar-refractivity contribution in [2.45, 2.75) is 39.5 Å². The molecule has 0 saturated heterocycles. The van der Waals surface area contributed by atoms with Crippen LogP contribution in [0.25, 0.3) is 11.1 Å². The summed E-state index contributed by atoms with van der Waals surface area (Å²) >= 11 is 0. The summed E-state index contributed by atoms with van der Waals surface area (Å²) in [6, 6.07) is 19.1. The molecule has 3 aromatic rings. The summed E-state index contributed by atoms with van der Waals surface area (Å²) in [5.41, 5.74) is 2.68. The summed E-state index contributed by atoms with van der Waals surface area (Å²) in [5, 5.41) is 0. The second kappa shape index (κ2) is 10.6. The zero-order valence-corrected chi connectivity index (χ0v) is 17.5. The van der Waals surface area contributed by atoms with Gasteiger partial charge in [-0.05, 0) is 73.4 Å². The van der Waals surface area contributed by atoms with Crippen LogP contribution in [-0.4, -0.2) is 12.6 Å². The molecule has 0 N–H and O–H groups in total. The monoisotopic (exact) mass is 406 g/mol. The quantitative estimate of drug-likeness (QED) is 0.222. The van der Waals surface area contributed by atoms with E-state index in [0.717, 1.165) is 42.6 Å². The van der Waals surface area contributed by atoms with Gasteiger partial charge in [-0.1, -0.05) is 44.0 Å². The Balaban J connectivity index is 1.66. The highest BCUT2D eigenvalue weighted by atomic mass is 19.1. The van der Waals surface area contributed by atoms with Gasteiger partial charge in [-0.3, -0.25) is 0 Å². The Morgan fingerprint density at radius 2 is 1.57 bits per heavy atom. The molecule has 0 aliphatic carbocycles. The summed E-state index contributed by atoms with van der Waals surface area (Å²) in [6.45, 7) is 4.64. The van der Waals surface area contributed by atoms with Crippen LogP contribution in [0.1, 0.15) is 49.0 Å². The number of hydrogen-bond acceptors (Lipinski definition) is 3. The van der Waals surface area contributed by atoms with Gasteiger partial charge >= 0.3 is 5.97 Å². The average Bonchev–Trinajstić information content (AvgIpc) is 2.76. The smallest absolute Gasteiger partial charge is 0.343 e. The van der Waals surface area contributed by atoms with E-state index in [1.807, 2.05) is 19.1 Å². The SMILES string of the molecule is CCCCCc1ccc(-c2ccc(C(=O)Oc3ccc(OCC)cc3)cc2)c(F)c1. The third kappa shape index (κ3) is 5.69. The van der Waals surface area contributed by atoms with Crippen LogP contribution in [0.3, 0.4) is 0 Å². The Hall–Kier alpha value is -3.14. The van der Waals surface area contributed by atoms with E-state index in [1.54, 1.807) is 54.6 Å². The molecule has 0 unspecified atom stereocenters.